The Hall–Kier alpha value is -2.67. The molecule has 0 aliphatic heterocycles. The second-order valence-electron chi connectivity index (χ2n) is 6.71. The van der Waals surface area contributed by atoms with Gasteiger partial charge >= 0.3 is 0 Å². The van der Waals surface area contributed by atoms with Crippen molar-refractivity contribution in [3.63, 3.8) is 0 Å². The van der Waals surface area contributed by atoms with E-state index in [2.05, 4.69) is 5.10 Å². The van der Waals surface area contributed by atoms with Gasteiger partial charge in [-0.1, -0.05) is 32.0 Å². The number of amides is 2. The van der Waals surface area contributed by atoms with Crippen LogP contribution in [0.15, 0.2) is 36.4 Å². The zero-order valence-corrected chi connectivity index (χ0v) is 15.9. The molecule has 2 aromatic heterocycles. The molecule has 2 N–H and O–H groups in total. The summed E-state index contributed by atoms with van der Waals surface area (Å²) in [6.45, 7) is 6.35. The second-order valence-corrected chi connectivity index (χ2v) is 7.74. The van der Waals surface area contributed by atoms with Crippen LogP contribution >= 0.6 is 11.3 Å². The Bertz CT molecular complexity index is 943. The van der Waals surface area contributed by atoms with Crippen LogP contribution in [-0.4, -0.2) is 39.6 Å². The molecule has 0 bridgehead atoms. The van der Waals surface area contributed by atoms with Gasteiger partial charge in [0.1, 0.15) is 4.83 Å². The van der Waals surface area contributed by atoms with Gasteiger partial charge in [0.25, 0.3) is 5.91 Å². The fourth-order valence-electron chi connectivity index (χ4n) is 2.90. The summed E-state index contributed by atoms with van der Waals surface area (Å²) in [5.41, 5.74) is 7.13. The predicted octanol–water partition coefficient (Wildman–Crippen LogP) is 2.98. The van der Waals surface area contributed by atoms with Gasteiger partial charge in [-0.25, -0.2) is 4.68 Å². The Morgan fingerprint density at radius 1 is 1.27 bits per heavy atom. The van der Waals surface area contributed by atoms with E-state index >= 15 is 0 Å². The lowest BCUT2D eigenvalue weighted by Gasteiger charge is -2.22. The standard InChI is InChI=1S/C19H22N4O2S/c1-12(2)10-22(11-17(20)24)18(25)16-9-15-13(3)21-23(19(15)26-16)14-7-5-4-6-8-14/h4-9,12H,10-11H2,1-3H3,(H2,20,24). The second kappa shape index (κ2) is 7.29. The molecular weight excluding hydrogens is 348 g/mol. The molecule has 0 saturated carbocycles. The number of hydrogen-bond acceptors (Lipinski definition) is 4. The van der Waals surface area contributed by atoms with Crippen LogP contribution in [-0.2, 0) is 4.79 Å². The highest BCUT2D eigenvalue weighted by Crippen LogP contribution is 2.31. The van der Waals surface area contributed by atoms with Gasteiger partial charge in [0.15, 0.2) is 0 Å². The van der Waals surface area contributed by atoms with Crippen LogP contribution in [0.2, 0.25) is 0 Å². The van der Waals surface area contributed by atoms with Crippen LogP contribution in [0.1, 0.15) is 29.2 Å². The first-order chi connectivity index (χ1) is 12.4. The lowest BCUT2D eigenvalue weighted by atomic mass is 10.2. The smallest absolute Gasteiger partial charge is 0.264 e. The average Bonchev–Trinajstić information content (AvgIpc) is 3.14. The number of carbonyl (C=O) groups excluding carboxylic acids is 2. The maximum Gasteiger partial charge on any atom is 0.264 e. The minimum absolute atomic E-state index is 0.0744. The molecule has 2 heterocycles. The molecule has 0 spiro atoms. The molecule has 0 aliphatic rings. The Balaban J connectivity index is 2.00. The number of fused-ring (bicyclic) bond motifs is 1. The van der Waals surface area contributed by atoms with Crippen molar-refractivity contribution in [3.05, 3.63) is 47.0 Å². The van der Waals surface area contributed by atoms with Crippen LogP contribution in [0.5, 0.6) is 0 Å². The largest absolute Gasteiger partial charge is 0.368 e. The highest BCUT2D eigenvalue weighted by atomic mass is 32.1. The molecule has 1 aromatic carbocycles. The molecule has 136 valence electrons. The molecule has 3 aromatic rings. The van der Waals surface area contributed by atoms with Crippen molar-refractivity contribution in [2.24, 2.45) is 11.7 Å². The van der Waals surface area contributed by atoms with E-state index in [1.165, 1.54) is 16.2 Å². The van der Waals surface area contributed by atoms with Gasteiger partial charge in [-0.2, -0.15) is 5.10 Å². The number of aromatic nitrogens is 2. The molecule has 0 atom stereocenters. The number of thiophene rings is 1. The third-order valence-corrected chi connectivity index (χ3v) is 5.07. The molecule has 0 radical (unpaired) electrons. The van der Waals surface area contributed by atoms with Crippen molar-refractivity contribution < 1.29 is 9.59 Å². The van der Waals surface area contributed by atoms with Crippen molar-refractivity contribution >= 4 is 33.4 Å². The van der Waals surface area contributed by atoms with Crippen LogP contribution in [0, 0.1) is 12.8 Å². The third-order valence-electron chi connectivity index (χ3n) is 3.98. The maximum absolute atomic E-state index is 12.9. The first-order valence-electron chi connectivity index (χ1n) is 8.49. The first kappa shape index (κ1) is 18.1. The van der Waals surface area contributed by atoms with Gasteiger partial charge in [-0.15, -0.1) is 11.3 Å². The van der Waals surface area contributed by atoms with E-state index in [4.69, 9.17) is 5.73 Å². The zero-order chi connectivity index (χ0) is 18.8. The average molecular weight is 370 g/mol. The summed E-state index contributed by atoms with van der Waals surface area (Å²) in [6.07, 6.45) is 0. The van der Waals surface area contributed by atoms with Gasteiger partial charge in [0, 0.05) is 11.9 Å². The van der Waals surface area contributed by atoms with E-state index in [0.29, 0.717) is 11.4 Å². The van der Waals surface area contributed by atoms with Crippen molar-refractivity contribution in [2.45, 2.75) is 20.8 Å². The van der Waals surface area contributed by atoms with Crippen LogP contribution < -0.4 is 5.73 Å². The quantitative estimate of drug-likeness (QED) is 0.724. The summed E-state index contributed by atoms with van der Waals surface area (Å²) >= 11 is 1.39. The minimum atomic E-state index is -0.508. The molecule has 0 unspecified atom stereocenters. The van der Waals surface area contributed by atoms with Crippen molar-refractivity contribution in [1.82, 2.24) is 14.7 Å². The number of benzene rings is 1. The molecule has 0 saturated heterocycles. The summed E-state index contributed by atoms with van der Waals surface area (Å²) in [6, 6.07) is 11.7. The van der Waals surface area contributed by atoms with E-state index in [1.807, 2.05) is 61.9 Å². The Morgan fingerprint density at radius 3 is 2.58 bits per heavy atom. The Kier molecular flexibility index (Phi) is 5.08. The molecule has 6 nitrogen and oxygen atoms in total. The fraction of sp³-hybridized carbons (Fsp3) is 0.316. The lowest BCUT2D eigenvalue weighted by molar-refractivity contribution is -0.118. The highest BCUT2D eigenvalue weighted by Gasteiger charge is 2.23. The third kappa shape index (κ3) is 3.62. The van der Waals surface area contributed by atoms with E-state index in [9.17, 15) is 9.59 Å². The van der Waals surface area contributed by atoms with E-state index < -0.39 is 5.91 Å². The molecule has 0 aliphatic carbocycles. The van der Waals surface area contributed by atoms with Gasteiger partial charge < -0.3 is 10.6 Å². The minimum Gasteiger partial charge on any atom is -0.368 e. The Labute approximate surface area is 156 Å². The first-order valence-corrected chi connectivity index (χ1v) is 9.30. The molecule has 2 amide bonds. The maximum atomic E-state index is 12.9. The summed E-state index contributed by atoms with van der Waals surface area (Å²) in [5.74, 6) is -0.432. The highest BCUT2D eigenvalue weighted by molar-refractivity contribution is 7.20. The topological polar surface area (TPSA) is 81.2 Å². The lowest BCUT2D eigenvalue weighted by Crippen LogP contribution is -2.40. The van der Waals surface area contributed by atoms with Crippen molar-refractivity contribution in [2.75, 3.05) is 13.1 Å². The zero-order valence-electron chi connectivity index (χ0n) is 15.1. The molecule has 7 heteroatoms. The van der Waals surface area contributed by atoms with Crippen LogP contribution in [0.3, 0.4) is 0 Å². The molecule has 26 heavy (non-hydrogen) atoms. The SMILES string of the molecule is Cc1nn(-c2ccccc2)c2sc(C(=O)N(CC(N)=O)CC(C)C)cc12. The van der Waals surface area contributed by atoms with E-state index in [1.54, 1.807) is 0 Å². The summed E-state index contributed by atoms with van der Waals surface area (Å²) < 4.78 is 1.85. The number of aryl methyl sites for hydroxylation is 1. The summed E-state index contributed by atoms with van der Waals surface area (Å²) in [5, 5.41) is 5.54. The van der Waals surface area contributed by atoms with Gasteiger partial charge in [0.05, 0.1) is 22.8 Å². The van der Waals surface area contributed by atoms with Gasteiger partial charge in [-0.3, -0.25) is 9.59 Å². The number of nitrogens with zero attached hydrogens (tertiary/aromatic N) is 3. The number of primary amides is 1. The fourth-order valence-corrected chi connectivity index (χ4v) is 4.05. The normalized spacial score (nSPS) is 11.2. The summed E-state index contributed by atoms with van der Waals surface area (Å²) in [7, 11) is 0. The number of rotatable bonds is 6. The monoisotopic (exact) mass is 370 g/mol. The predicted molar refractivity (Wildman–Crippen MR) is 104 cm³/mol. The van der Waals surface area contributed by atoms with Crippen LogP contribution in [0.4, 0.5) is 0 Å². The van der Waals surface area contributed by atoms with E-state index in [0.717, 1.165) is 21.6 Å². The number of nitrogens with two attached hydrogens (primary N) is 1. The number of carbonyl (C=O) groups is 2. The van der Waals surface area contributed by atoms with Gasteiger partial charge in [-0.05, 0) is 31.0 Å². The molecule has 0 fully saturated rings. The number of para-hydroxylation sites is 1. The van der Waals surface area contributed by atoms with Gasteiger partial charge in [0.2, 0.25) is 5.91 Å². The summed E-state index contributed by atoms with van der Waals surface area (Å²) in [4.78, 5) is 27.3. The van der Waals surface area contributed by atoms with Crippen molar-refractivity contribution in [1.29, 1.82) is 0 Å². The van der Waals surface area contributed by atoms with E-state index in [-0.39, 0.29) is 18.4 Å². The molecule has 3 rings (SSSR count). The number of hydrogen-bond donors (Lipinski definition) is 1. The van der Waals surface area contributed by atoms with Crippen LogP contribution in [0.25, 0.3) is 15.9 Å². The Morgan fingerprint density at radius 2 is 1.96 bits per heavy atom. The van der Waals surface area contributed by atoms with Crippen molar-refractivity contribution in [3.8, 4) is 5.69 Å². The molecular formula is C19H22N4O2S.